The minimum absolute atomic E-state index is 0.0414. The van der Waals surface area contributed by atoms with Crippen LogP contribution < -0.4 is 4.74 Å². The van der Waals surface area contributed by atoms with Crippen molar-refractivity contribution < 1.29 is 26.0 Å². The zero-order chi connectivity index (χ0) is 18.2. The van der Waals surface area contributed by atoms with Crippen molar-refractivity contribution in [3.8, 4) is 5.75 Å². The number of hydrogen-bond donors (Lipinski definition) is 0. The summed E-state index contributed by atoms with van der Waals surface area (Å²) in [5.74, 6) is -0.809. The molecule has 0 N–H and O–H groups in total. The van der Waals surface area contributed by atoms with Crippen LogP contribution in [0.2, 0.25) is 0 Å². The van der Waals surface area contributed by atoms with Crippen LogP contribution in [0.5, 0.6) is 5.75 Å². The van der Waals surface area contributed by atoms with Gasteiger partial charge in [-0.3, -0.25) is 0 Å². The molecule has 1 aromatic carbocycles. The maximum absolute atomic E-state index is 13.8. The predicted octanol–water partition coefficient (Wildman–Crippen LogP) is 1.95. The minimum atomic E-state index is -3.90. The van der Waals surface area contributed by atoms with Gasteiger partial charge in [0, 0.05) is 13.1 Å². The molecule has 2 aliphatic rings. The molecule has 140 valence electrons. The Morgan fingerprint density at radius 1 is 1.04 bits per heavy atom. The van der Waals surface area contributed by atoms with Gasteiger partial charge < -0.3 is 4.74 Å². The standard InChI is InChI=1S/C16H22FNO5S2/c1-23-16-8-7-13(9-15(16)17)25(21,22)18-10-14(11-18)24(19,20)12-5-3-2-4-6-12/h7-9,12,14H,2-6,10-11H2,1H3. The second-order valence-electron chi connectivity index (χ2n) is 6.59. The highest BCUT2D eigenvalue weighted by Gasteiger charge is 2.46. The largest absolute Gasteiger partial charge is 0.494 e. The Morgan fingerprint density at radius 2 is 1.68 bits per heavy atom. The van der Waals surface area contributed by atoms with Gasteiger partial charge in [0.2, 0.25) is 10.0 Å². The van der Waals surface area contributed by atoms with E-state index in [4.69, 9.17) is 4.74 Å². The highest BCUT2D eigenvalue weighted by Crippen LogP contribution is 2.32. The predicted molar refractivity (Wildman–Crippen MR) is 91.3 cm³/mol. The van der Waals surface area contributed by atoms with E-state index >= 15 is 0 Å². The van der Waals surface area contributed by atoms with Crippen molar-refractivity contribution in [1.29, 1.82) is 0 Å². The average Bonchev–Trinajstić information content (AvgIpc) is 2.53. The Hall–Kier alpha value is -1.19. The molecule has 6 nitrogen and oxygen atoms in total. The van der Waals surface area contributed by atoms with Gasteiger partial charge in [0.1, 0.15) is 0 Å². The number of hydrogen-bond acceptors (Lipinski definition) is 5. The Balaban J connectivity index is 1.71. The van der Waals surface area contributed by atoms with Crippen molar-refractivity contribution in [3.05, 3.63) is 24.0 Å². The summed E-state index contributed by atoms with van der Waals surface area (Å²) >= 11 is 0. The molecule has 0 aromatic heterocycles. The average molecular weight is 391 g/mol. The van der Waals surface area contributed by atoms with Crippen molar-refractivity contribution >= 4 is 19.9 Å². The monoisotopic (exact) mass is 391 g/mol. The number of benzene rings is 1. The molecule has 1 aliphatic heterocycles. The molecule has 0 amide bonds. The van der Waals surface area contributed by atoms with Gasteiger partial charge in [0.05, 0.1) is 22.5 Å². The zero-order valence-electron chi connectivity index (χ0n) is 14.0. The molecule has 1 heterocycles. The lowest BCUT2D eigenvalue weighted by Crippen LogP contribution is -2.58. The second-order valence-corrected chi connectivity index (χ2v) is 11.0. The summed E-state index contributed by atoms with van der Waals surface area (Å²) in [5.41, 5.74) is 0. The summed E-state index contributed by atoms with van der Waals surface area (Å²) in [4.78, 5) is -0.195. The first-order valence-electron chi connectivity index (χ1n) is 8.33. The molecule has 1 aliphatic carbocycles. The van der Waals surface area contributed by atoms with E-state index in [2.05, 4.69) is 0 Å². The molecule has 9 heteroatoms. The first kappa shape index (κ1) is 18.6. The lowest BCUT2D eigenvalue weighted by molar-refractivity contribution is 0.306. The van der Waals surface area contributed by atoms with Crippen molar-refractivity contribution in [2.45, 2.75) is 47.5 Å². The van der Waals surface area contributed by atoms with Crippen LogP contribution in [0.1, 0.15) is 32.1 Å². The van der Waals surface area contributed by atoms with Crippen molar-refractivity contribution in [2.24, 2.45) is 0 Å². The maximum atomic E-state index is 13.8. The molecule has 2 fully saturated rings. The highest BCUT2D eigenvalue weighted by atomic mass is 32.2. The number of rotatable bonds is 5. The lowest BCUT2D eigenvalue weighted by Gasteiger charge is -2.39. The van der Waals surface area contributed by atoms with Crippen molar-refractivity contribution in [2.75, 3.05) is 20.2 Å². The van der Waals surface area contributed by atoms with Gasteiger partial charge in [-0.2, -0.15) is 4.31 Å². The summed E-state index contributed by atoms with van der Waals surface area (Å²) < 4.78 is 70.0. The molecule has 0 radical (unpaired) electrons. The topological polar surface area (TPSA) is 80.8 Å². The fourth-order valence-corrected chi connectivity index (χ4v) is 7.47. The van der Waals surface area contributed by atoms with Gasteiger partial charge in [0.25, 0.3) is 0 Å². The van der Waals surface area contributed by atoms with Crippen molar-refractivity contribution in [1.82, 2.24) is 4.31 Å². The van der Waals surface area contributed by atoms with E-state index in [1.807, 2.05) is 0 Å². The maximum Gasteiger partial charge on any atom is 0.243 e. The molecule has 3 rings (SSSR count). The van der Waals surface area contributed by atoms with E-state index in [1.165, 1.54) is 19.2 Å². The number of sulfone groups is 1. The SMILES string of the molecule is COc1ccc(S(=O)(=O)N2CC(S(=O)(=O)C3CCCCC3)C2)cc1F. The lowest BCUT2D eigenvalue weighted by atomic mass is 10.0. The Kier molecular flexibility index (Phi) is 5.09. The normalized spacial score (nSPS) is 21.0. The van der Waals surface area contributed by atoms with Gasteiger partial charge in [-0.05, 0) is 31.0 Å². The van der Waals surface area contributed by atoms with E-state index in [9.17, 15) is 21.2 Å². The van der Waals surface area contributed by atoms with Crippen LogP contribution in [0.4, 0.5) is 4.39 Å². The summed E-state index contributed by atoms with van der Waals surface area (Å²) in [7, 11) is -5.93. The molecule has 25 heavy (non-hydrogen) atoms. The van der Waals surface area contributed by atoms with Crippen LogP contribution >= 0.6 is 0 Å². The fourth-order valence-electron chi connectivity index (χ4n) is 3.43. The molecule has 0 spiro atoms. The van der Waals surface area contributed by atoms with Crippen LogP contribution in [-0.2, 0) is 19.9 Å². The number of halogens is 1. The second kappa shape index (κ2) is 6.85. The molecule has 1 saturated carbocycles. The van der Waals surface area contributed by atoms with Gasteiger partial charge in [-0.1, -0.05) is 19.3 Å². The Morgan fingerprint density at radius 3 is 2.24 bits per heavy atom. The number of sulfonamides is 1. The fraction of sp³-hybridized carbons (Fsp3) is 0.625. The molecule has 0 atom stereocenters. The van der Waals surface area contributed by atoms with E-state index in [-0.39, 0.29) is 29.0 Å². The number of methoxy groups -OCH3 is 1. The van der Waals surface area contributed by atoms with Crippen LogP contribution in [0.3, 0.4) is 0 Å². The molecular formula is C16H22FNO5S2. The van der Waals surface area contributed by atoms with Crippen LogP contribution in [0, 0.1) is 5.82 Å². The third kappa shape index (κ3) is 3.41. The first-order chi connectivity index (χ1) is 11.8. The van der Waals surface area contributed by atoms with Gasteiger partial charge in [-0.25, -0.2) is 21.2 Å². The quantitative estimate of drug-likeness (QED) is 0.766. The minimum Gasteiger partial charge on any atom is -0.494 e. The van der Waals surface area contributed by atoms with E-state index in [0.29, 0.717) is 12.8 Å². The summed E-state index contributed by atoms with van der Waals surface area (Å²) in [5, 5.41) is -1.01. The molecule has 1 aromatic rings. The van der Waals surface area contributed by atoms with Crippen LogP contribution in [-0.4, -0.2) is 51.8 Å². The van der Waals surface area contributed by atoms with Crippen LogP contribution in [0.25, 0.3) is 0 Å². The van der Waals surface area contributed by atoms with Gasteiger partial charge >= 0.3 is 0 Å². The van der Waals surface area contributed by atoms with E-state index in [0.717, 1.165) is 29.6 Å². The molecule has 0 unspecified atom stereocenters. The van der Waals surface area contributed by atoms with E-state index in [1.54, 1.807) is 0 Å². The van der Waals surface area contributed by atoms with Gasteiger partial charge in [-0.15, -0.1) is 0 Å². The smallest absolute Gasteiger partial charge is 0.243 e. The summed E-state index contributed by atoms with van der Waals surface area (Å²) in [6.45, 7) is -0.121. The van der Waals surface area contributed by atoms with Crippen LogP contribution in [0.15, 0.2) is 23.1 Å². The molecular weight excluding hydrogens is 369 g/mol. The van der Waals surface area contributed by atoms with Crippen molar-refractivity contribution in [3.63, 3.8) is 0 Å². The number of nitrogens with zero attached hydrogens (tertiary/aromatic N) is 1. The third-order valence-electron chi connectivity index (χ3n) is 5.06. The third-order valence-corrected chi connectivity index (χ3v) is 9.51. The van der Waals surface area contributed by atoms with Gasteiger partial charge in [0.15, 0.2) is 21.4 Å². The summed E-state index contributed by atoms with van der Waals surface area (Å²) in [6.07, 6.45) is 4.19. The highest BCUT2D eigenvalue weighted by molar-refractivity contribution is 7.93. The zero-order valence-corrected chi connectivity index (χ0v) is 15.7. The van der Waals surface area contributed by atoms with E-state index < -0.39 is 30.9 Å². The number of ether oxygens (including phenoxy) is 1. The Bertz CT molecular complexity index is 841. The first-order valence-corrected chi connectivity index (χ1v) is 11.4. The molecule has 1 saturated heterocycles. The summed E-state index contributed by atoms with van der Waals surface area (Å²) in [6, 6.07) is 3.41. The Labute approximate surface area is 147 Å². The molecule has 0 bridgehead atoms.